The van der Waals surface area contributed by atoms with Gasteiger partial charge in [0.25, 0.3) is 0 Å². The molecular weight excluding hydrogens is 306 g/mol. The normalized spacial score (nSPS) is 18.0. The fourth-order valence-electron chi connectivity index (χ4n) is 2.42. The molecule has 1 saturated heterocycles. The summed E-state index contributed by atoms with van der Waals surface area (Å²) in [6, 6.07) is 7.36. The van der Waals surface area contributed by atoms with Crippen LogP contribution in [0.2, 0.25) is 0 Å². The number of esters is 1. The number of halogens is 1. The van der Waals surface area contributed by atoms with E-state index in [4.69, 9.17) is 4.74 Å². The number of nitrogens with zero attached hydrogens (tertiary/aromatic N) is 1. The summed E-state index contributed by atoms with van der Waals surface area (Å²) in [6.07, 6.45) is 3.76. The van der Waals surface area contributed by atoms with Crippen molar-refractivity contribution in [3.8, 4) is 0 Å². The van der Waals surface area contributed by atoms with Crippen molar-refractivity contribution in [3.05, 3.63) is 34.3 Å². The molecule has 1 aliphatic heterocycles. The molecule has 3 nitrogen and oxygen atoms in total. The van der Waals surface area contributed by atoms with Gasteiger partial charge in [-0.1, -0.05) is 18.6 Å². The van der Waals surface area contributed by atoms with E-state index in [0.717, 1.165) is 24.1 Å². The van der Waals surface area contributed by atoms with Crippen molar-refractivity contribution in [3.63, 3.8) is 0 Å². The minimum Gasteiger partial charge on any atom is -0.458 e. The van der Waals surface area contributed by atoms with Gasteiger partial charge in [-0.3, -0.25) is 4.90 Å². The Hall–Kier alpha value is -0.870. The third kappa shape index (κ3) is 4.32. The number of hydrogen-bond acceptors (Lipinski definition) is 3. The second-order valence-corrected chi connectivity index (χ2v) is 5.91. The van der Waals surface area contributed by atoms with Gasteiger partial charge in [-0.05, 0) is 60.9 Å². The van der Waals surface area contributed by atoms with Crippen molar-refractivity contribution in [2.24, 2.45) is 0 Å². The van der Waals surface area contributed by atoms with Gasteiger partial charge in [0.15, 0.2) is 0 Å². The van der Waals surface area contributed by atoms with Gasteiger partial charge in [0.1, 0.15) is 6.10 Å². The molecule has 0 radical (unpaired) electrons. The van der Waals surface area contributed by atoms with E-state index in [2.05, 4.69) is 20.8 Å². The number of carbonyl (C=O) groups is 1. The molecule has 0 aliphatic carbocycles. The Labute approximate surface area is 123 Å². The summed E-state index contributed by atoms with van der Waals surface area (Å²) in [6.45, 7) is 5.04. The molecule has 19 heavy (non-hydrogen) atoms. The Morgan fingerprint density at radius 3 is 2.68 bits per heavy atom. The lowest BCUT2D eigenvalue weighted by Crippen LogP contribution is -2.37. The molecular formula is C15H20BrNO2. The van der Waals surface area contributed by atoms with Crippen LogP contribution in [0, 0.1) is 0 Å². The fourth-order valence-corrected chi connectivity index (χ4v) is 2.86. The third-order valence-electron chi connectivity index (χ3n) is 3.37. The second-order valence-electron chi connectivity index (χ2n) is 5.06. The van der Waals surface area contributed by atoms with Gasteiger partial charge in [0.05, 0.1) is 5.56 Å². The first kappa shape index (κ1) is 14.5. The van der Waals surface area contributed by atoms with Gasteiger partial charge in [-0.2, -0.15) is 0 Å². The summed E-state index contributed by atoms with van der Waals surface area (Å²) in [5.41, 5.74) is 0.591. The molecule has 1 aliphatic rings. The van der Waals surface area contributed by atoms with E-state index < -0.39 is 0 Å². The first-order valence-corrected chi connectivity index (χ1v) is 7.64. The zero-order valence-corrected chi connectivity index (χ0v) is 12.9. The highest BCUT2D eigenvalue weighted by Crippen LogP contribution is 2.18. The van der Waals surface area contributed by atoms with Crippen LogP contribution in [0.5, 0.6) is 0 Å². The first-order valence-electron chi connectivity index (χ1n) is 6.84. The zero-order valence-electron chi connectivity index (χ0n) is 11.3. The number of benzene rings is 1. The van der Waals surface area contributed by atoms with Gasteiger partial charge in [-0.15, -0.1) is 0 Å². The molecule has 1 aromatic carbocycles. The van der Waals surface area contributed by atoms with Gasteiger partial charge in [0.2, 0.25) is 0 Å². The molecule has 1 heterocycles. The summed E-state index contributed by atoms with van der Waals surface area (Å²) in [5, 5.41) is 0. The monoisotopic (exact) mass is 325 g/mol. The Morgan fingerprint density at radius 2 is 2.00 bits per heavy atom. The van der Waals surface area contributed by atoms with Crippen LogP contribution in [0.25, 0.3) is 0 Å². The van der Waals surface area contributed by atoms with E-state index in [1.807, 2.05) is 25.1 Å². The van der Waals surface area contributed by atoms with Crippen molar-refractivity contribution in [1.29, 1.82) is 0 Å². The van der Waals surface area contributed by atoms with Crippen LogP contribution >= 0.6 is 15.9 Å². The van der Waals surface area contributed by atoms with Crippen LogP contribution in [0.3, 0.4) is 0 Å². The van der Waals surface area contributed by atoms with Crippen molar-refractivity contribution in [2.45, 2.75) is 32.3 Å². The molecule has 0 N–H and O–H groups in total. The zero-order chi connectivity index (χ0) is 13.7. The maximum Gasteiger partial charge on any atom is 0.339 e. The Balaban J connectivity index is 1.86. The average Bonchev–Trinajstić information content (AvgIpc) is 2.40. The van der Waals surface area contributed by atoms with Gasteiger partial charge in [0, 0.05) is 11.0 Å². The Kier molecular flexibility index (Phi) is 5.40. The number of hydrogen-bond donors (Lipinski definition) is 0. The first-order chi connectivity index (χ1) is 9.16. The van der Waals surface area contributed by atoms with Crippen LogP contribution in [0.1, 0.15) is 36.5 Å². The molecule has 2 rings (SSSR count). The molecule has 0 amide bonds. The molecule has 0 unspecified atom stereocenters. The highest BCUT2D eigenvalue weighted by Gasteiger charge is 2.18. The van der Waals surface area contributed by atoms with Crippen LogP contribution in [-0.4, -0.2) is 36.6 Å². The second kappa shape index (κ2) is 7.06. The Morgan fingerprint density at radius 1 is 1.32 bits per heavy atom. The number of piperidine rings is 1. The van der Waals surface area contributed by atoms with Crippen LogP contribution in [0.4, 0.5) is 0 Å². The Bertz CT molecular complexity index is 430. The standard InChI is InChI=1S/C15H20BrNO2/c1-12(11-17-9-5-2-6-10-17)19-15(18)13-7-3-4-8-14(13)16/h3-4,7-8,12H,2,5-6,9-11H2,1H3/t12-/m1/s1. The third-order valence-corrected chi connectivity index (χ3v) is 4.06. The van der Waals surface area contributed by atoms with Crippen molar-refractivity contribution in [1.82, 2.24) is 4.90 Å². The number of rotatable bonds is 4. The molecule has 1 aromatic rings. The van der Waals surface area contributed by atoms with Gasteiger partial charge in [-0.25, -0.2) is 4.79 Å². The quantitative estimate of drug-likeness (QED) is 0.794. The summed E-state index contributed by atoms with van der Waals surface area (Å²) >= 11 is 3.37. The van der Waals surface area contributed by atoms with E-state index in [0.29, 0.717) is 5.56 Å². The highest BCUT2D eigenvalue weighted by atomic mass is 79.9. The largest absolute Gasteiger partial charge is 0.458 e. The van der Waals surface area contributed by atoms with Crippen molar-refractivity contribution in [2.75, 3.05) is 19.6 Å². The average molecular weight is 326 g/mol. The van der Waals surface area contributed by atoms with Crippen LogP contribution in [-0.2, 0) is 4.74 Å². The van der Waals surface area contributed by atoms with Crippen molar-refractivity contribution < 1.29 is 9.53 Å². The molecule has 0 bridgehead atoms. The maximum absolute atomic E-state index is 12.0. The van der Waals surface area contributed by atoms with E-state index in [9.17, 15) is 4.79 Å². The molecule has 1 atom stereocenters. The summed E-state index contributed by atoms with van der Waals surface area (Å²) in [5.74, 6) is -0.253. The van der Waals surface area contributed by atoms with Crippen LogP contribution in [0.15, 0.2) is 28.7 Å². The molecule has 0 aromatic heterocycles. The molecule has 0 saturated carbocycles. The van der Waals surface area contributed by atoms with Gasteiger partial charge >= 0.3 is 5.97 Å². The molecule has 104 valence electrons. The minimum atomic E-state index is -0.253. The summed E-state index contributed by atoms with van der Waals surface area (Å²) in [4.78, 5) is 14.4. The minimum absolute atomic E-state index is 0.0716. The number of likely N-dealkylation sites (tertiary alicyclic amines) is 1. The summed E-state index contributed by atoms with van der Waals surface area (Å²) < 4.78 is 6.29. The summed E-state index contributed by atoms with van der Waals surface area (Å²) in [7, 11) is 0. The van der Waals surface area contributed by atoms with Crippen molar-refractivity contribution >= 4 is 21.9 Å². The smallest absolute Gasteiger partial charge is 0.339 e. The van der Waals surface area contributed by atoms with E-state index in [1.54, 1.807) is 6.07 Å². The SMILES string of the molecule is C[C@H](CN1CCCCC1)OC(=O)c1ccccc1Br. The number of carbonyl (C=O) groups excluding carboxylic acids is 1. The van der Waals surface area contributed by atoms with Gasteiger partial charge < -0.3 is 4.74 Å². The van der Waals surface area contributed by atoms with E-state index >= 15 is 0 Å². The lowest BCUT2D eigenvalue weighted by atomic mass is 10.1. The number of ether oxygens (including phenoxy) is 1. The molecule has 1 fully saturated rings. The molecule has 4 heteroatoms. The highest BCUT2D eigenvalue weighted by molar-refractivity contribution is 9.10. The van der Waals surface area contributed by atoms with Crippen LogP contribution < -0.4 is 0 Å². The predicted molar refractivity (Wildman–Crippen MR) is 79.3 cm³/mol. The van der Waals surface area contributed by atoms with E-state index in [1.165, 1.54) is 19.3 Å². The predicted octanol–water partition coefficient (Wildman–Crippen LogP) is 3.48. The maximum atomic E-state index is 12.0. The molecule has 0 spiro atoms. The topological polar surface area (TPSA) is 29.5 Å². The van der Waals surface area contributed by atoms with E-state index in [-0.39, 0.29) is 12.1 Å². The lowest BCUT2D eigenvalue weighted by Gasteiger charge is -2.28. The fraction of sp³-hybridized carbons (Fsp3) is 0.533. The lowest BCUT2D eigenvalue weighted by molar-refractivity contribution is 0.0235.